The maximum atomic E-state index is 12.8. The van der Waals surface area contributed by atoms with Crippen LogP contribution in [0.5, 0.6) is 0 Å². The third-order valence-electron chi connectivity index (χ3n) is 3.70. The lowest BCUT2D eigenvalue weighted by molar-refractivity contribution is -0.119. The van der Waals surface area contributed by atoms with E-state index in [2.05, 4.69) is 19.7 Å². The first-order valence-corrected chi connectivity index (χ1v) is 10.3. The van der Waals surface area contributed by atoms with Crippen LogP contribution >= 0.6 is 0 Å². The smallest absolute Gasteiger partial charge is 0.258 e. The number of halogens is 1. The molecule has 1 aromatic rings. The van der Waals surface area contributed by atoms with Gasteiger partial charge in [0, 0.05) is 12.2 Å². The Morgan fingerprint density at radius 1 is 1.24 bits per heavy atom. The maximum absolute atomic E-state index is 12.8. The van der Waals surface area contributed by atoms with Gasteiger partial charge in [-0.1, -0.05) is 36.9 Å². The fourth-order valence-electron chi connectivity index (χ4n) is 2.44. The van der Waals surface area contributed by atoms with Crippen LogP contribution in [0.4, 0.5) is 10.1 Å². The lowest BCUT2D eigenvalue weighted by atomic mass is 10.3. The summed E-state index contributed by atoms with van der Waals surface area (Å²) in [6, 6.07) is 12.1. The number of hydrogen-bond acceptors (Lipinski definition) is 1. The molecule has 0 atom stereocenters. The zero-order valence-corrected chi connectivity index (χ0v) is 13.7. The summed E-state index contributed by atoms with van der Waals surface area (Å²) >= 11 is 0. The average molecular weight is 305 g/mol. The van der Waals surface area contributed by atoms with Crippen LogP contribution in [0.1, 0.15) is 0 Å². The van der Waals surface area contributed by atoms with Crippen molar-refractivity contribution in [3.63, 3.8) is 0 Å². The summed E-state index contributed by atoms with van der Waals surface area (Å²) in [6.45, 7) is 9.52. The number of nitrogens with zero attached hydrogens (tertiary/aromatic N) is 1. The molecule has 1 rings (SSSR count). The minimum absolute atomic E-state index is 0.477. The molecule has 4 heteroatoms. The number of allylic oxidation sites excluding steroid dienone is 2. The van der Waals surface area contributed by atoms with Gasteiger partial charge in [-0.15, -0.1) is 13.2 Å². The minimum atomic E-state index is -1.56. The molecular formula is C17H24FNOSi. The van der Waals surface area contributed by atoms with Gasteiger partial charge in [-0.25, -0.2) is 4.39 Å². The van der Waals surface area contributed by atoms with Crippen molar-refractivity contribution >= 4 is 19.7 Å². The lowest BCUT2D eigenvalue weighted by Crippen LogP contribution is -2.39. The van der Waals surface area contributed by atoms with E-state index in [4.69, 9.17) is 0 Å². The molecule has 0 unspecified atom stereocenters. The summed E-state index contributed by atoms with van der Waals surface area (Å²) < 4.78 is 12.8. The van der Waals surface area contributed by atoms with Gasteiger partial charge in [0.05, 0.1) is 8.07 Å². The fourth-order valence-corrected chi connectivity index (χ4v) is 5.18. The van der Waals surface area contributed by atoms with E-state index in [-0.39, 0.29) is 0 Å². The Morgan fingerprint density at radius 2 is 1.81 bits per heavy atom. The Kier molecular flexibility index (Phi) is 7.09. The fraction of sp³-hybridized carbons (Fsp3) is 0.353. The SMILES string of the molecule is C=CC[Si](C)(CC=C)CCN(C(=O)CF)c1ccccc1. The summed E-state index contributed by atoms with van der Waals surface area (Å²) in [5.74, 6) is -0.477. The monoisotopic (exact) mass is 305 g/mol. The van der Waals surface area contributed by atoms with Crippen molar-refractivity contribution in [1.29, 1.82) is 0 Å². The molecule has 0 fully saturated rings. The summed E-state index contributed by atoms with van der Waals surface area (Å²) in [6.07, 6.45) is 3.89. The molecule has 1 amide bonds. The van der Waals surface area contributed by atoms with Crippen molar-refractivity contribution in [2.45, 2.75) is 24.7 Å². The van der Waals surface area contributed by atoms with Gasteiger partial charge in [0.2, 0.25) is 0 Å². The molecule has 0 bridgehead atoms. The van der Waals surface area contributed by atoms with E-state index >= 15 is 0 Å². The van der Waals surface area contributed by atoms with E-state index in [1.54, 1.807) is 4.90 Å². The molecule has 0 aliphatic rings. The number of amides is 1. The molecule has 0 heterocycles. The molecule has 21 heavy (non-hydrogen) atoms. The van der Waals surface area contributed by atoms with Crippen molar-refractivity contribution in [3.05, 3.63) is 55.6 Å². The molecule has 0 spiro atoms. The third-order valence-corrected chi connectivity index (χ3v) is 7.68. The molecular weight excluding hydrogens is 281 g/mol. The van der Waals surface area contributed by atoms with Gasteiger partial charge in [0.15, 0.2) is 6.67 Å². The summed E-state index contributed by atoms with van der Waals surface area (Å²) in [4.78, 5) is 13.4. The number of alkyl halides is 1. The van der Waals surface area contributed by atoms with Crippen molar-refractivity contribution in [1.82, 2.24) is 0 Å². The Labute approximate surface area is 128 Å². The highest BCUT2D eigenvalue weighted by atomic mass is 28.3. The molecule has 2 nitrogen and oxygen atoms in total. The number of hydrogen-bond donors (Lipinski definition) is 0. The Hall–Kier alpha value is -1.68. The molecule has 0 aliphatic heterocycles. The first-order chi connectivity index (χ1) is 10.1. The Bertz CT molecular complexity index is 465. The van der Waals surface area contributed by atoms with Crippen LogP contribution in [-0.4, -0.2) is 27.2 Å². The zero-order chi connectivity index (χ0) is 15.7. The molecule has 0 saturated carbocycles. The van der Waals surface area contributed by atoms with Crippen molar-refractivity contribution in [2.24, 2.45) is 0 Å². The Morgan fingerprint density at radius 3 is 2.29 bits per heavy atom. The van der Waals surface area contributed by atoms with Crippen molar-refractivity contribution < 1.29 is 9.18 Å². The standard InChI is InChI=1S/C17H24FNOSi/c1-4-12-21(3,13-5-2)14-11-19(17(20)15-18)16-9-7-6-8-10-16/h4-10H,1-2,11-15H2,3H3. The number of carbonyl (C=O) groups excluding carboxylic acids is 1. The van der Waals surface area contributed by atoms with Crippen LogP contribution in [0.3, 0.4) is 0 Å². The van der Waals surface area contributed by atoms with Crippen LogP contribution in [0.15, 0.2) is 55.6 Å². The van der Waals surface area contributed by atoms with E-state index < -0.39 is 20.7 Å². The van der Waals surface area contributed by atoms with Gasteiger partial charge < -0.3 is 4.90 Å². The van der Waals surface area contributed by atoms with E-state index in [9.17, 15) is 9.18 Å². The van der Waals surface area contributed by atoms with E-state index in [1.807, 2.05) is 42.5 Å². The first kappa shape index (κ1) is 17.4. The molecule has 0 N–H and O–H groups in total. The average Bonchev–Trinajstić information content (AvgIpc) is 2.48. The van der Waals surface area contributed by atoms with Crippen molar-refractivity contribution in [3.8, 4) is 0 Å². The normalized spacial score (nSPS) is 11.0. The molecule has 0 aliphatic carbocycles. The highest BCUT2D eigenvalue weighted by Gasteiger charge is 2.26. The summed E-state index contributed by atoms with van der Waals surface area (Å²) in [7, 11) is -1.56. The summed E-state index contributed by atoms with van der Waals surface area (Å²) in [5.41, 5.74) is 0.758. The van der Waals surface area contributed by atoms with Gasteiger partial charge in [0.1, 0.15) is 0 Å². The van der Waals surface area contributed by atoms with Crippen LogP contribution in [0.2, 0.25) is 24.7 Å². The van der Waals surface area contributed by atoms with Gasteiger partial charge in [-0.2, -0.15) is 0 Å². The lowest BCUT2D eigenvalue weighted by Gasteiger charge is -2.29. The second kappa shape index (κ2) is 8.57. The number of para-hydroxylation sites is 1. The molecule has 1 aromatic carbocycles. The number of carbonyl (C=O) groups is 1. The van der Waals surface area contributed by atoms with Crippen LogP contribution < -0.4 is 4.90 Å². The molecule has 114 valence electrons. The van der Waals surface area contributed by atoms with Crippen LogP contribution in [0.25, 0.3) is 0 Å². The second-order valence-corrected chi connectivity index (χ2v) is 10.5. The number of anilines is 1. The minimum Gasteiger partial charge on any atom is -0.310 e. The quantitative estimate of drug-likeness (QED) is 0.488. The van der Waals surface area contributed by atoms with Crippen molar-refractivity contribution in [2.75, 3.05) is 18.1 Å². The Balaban J connectivity index is 2.84. The third kappa shape index (κ3) is 5.31. The zero-order valence-electron chi connectivity index (χ0n) is 12.7. The molecule has 0 aromatic heterocycles. The number of rotatable bonds is 9. The van der Waals surface area contributed by atoms with E-state index in [1.165, 1.54) is 0 Å². The highest BCUT2D eigenvalue weighted by Crippen LogP contribution is 2.24. The highest BCUT2D eigenvalue weighted by molar-refractivity contribution is 6.79. The second-order valence-electron chi connectivity index (χ2n) is 5.56. The molecule has 0 radical (unpaired) electrons. The van der Waals surface area contributed by atoms with Gasteiger partial charge in [-0.05, 0) is 30.3 Å². The predicted octanol–water partition coefficient (Wildman–Crippen LogP) is 4.44. The van der Waals surface area contributed by atoms with Gasteiger partial charge in [0.25, 0.3) is 5.91 Å². The van der Waals surface area contributed by atoms with Crippen LogP contribution in [0, 0.1) is 0 Å². The van der Waals surface area contributed by atoms with Crippen LogP contribution in [-0.2, 0) is 4.79 Å². The van der Waals surface area contributed by atoms with Gasteiger partial charge in [-0.3, -0.25) is 4.79 Å². The van der Waals surface area contributed by atoms with Gasteiger partial charge >= 0.3 is 0 Å². The summed E-state index contributed by atoms with van der Waals surface area (Å²) in [5, 5.41) is 0. The largest absolute Gasteiger partial charge is 0.310 e. The molecule has 0 saturated heterocycles. The predicted molar refractivity (Wildman–Crippen MR) is 91.2 cm³/mol. The topological polar surface area (TPSA) is 20.3 Å². The van der Waals surface area contributed by atoms with E-state index in [0.29, 0.717) is 6.54 Å². The van der Waals surface area contributed by atoms with E-state index in [0.717, 1.165) is 23.8 Å². The first-order valence-electron chi connectivity index (χ1n) is 7.19. The maximum Gasteiger partial charge on any atom is 0.258 e. The number of benzene rings is 1.